The van der Waals surface area contributed by atoms with Crippen molar-refractivity contribution in [1.29, 1.82) is 0 Å². The van der Waals surface area contributed by atoms with Gasteiger partial charge in [0, 0.05) is 38.3 Å². The molecule has 0 atom stereocenters. The minimum Gasteiger partial charge on any atom is -0.481 e. The molecule has 1 aliphatic carbocycles. The number of hydrogen-bond donors (Lipinski definition) is 1. The molecule has 0 radical (unpaired) electrons. The van der Waals surface area contributed by atoms with Crippen LogP contribution >= 0.6 is 0 Å². The number of carbonyl (C=O) groups excluding carboxylic acids is 1. The van der Waals surface area contributed by atoms with E-state index in [1.54, 1.807) is 0 Å². The van der Waals surface area contributed by atoms with Gasteiger partial charge in [0.25, 0.3) is 0 Å². The van der Waals surface area contributed by atoms with Crippen molar-refractivity contribution in [2.45, 2.75) is 56.9 Å². The van der Waals surface area contributed by atoms with Crippen LogP contribution < -0.4 is 0 Å². The Bertz CT molecular complexity index is 793. The zero-order chi connectivity index (χ0) is 22.1. The highest BCUT2D eigenvalue weighted by Gasteiger charge is 2.50. The molecule has 6 nitrogen and oxygen atoms in total. The van der Waals surface area contributed by atoms with Gasteiger partial charge < -0.3 is 14.7 Å². The summed E-state index contributed by atoms with van der Waals surface area (Å²) in [4.78, 5) is 29.2. The molecule has 2 heterocycles. The molecule has 0 aromatic heterocycles. The number of carbonyl (C=O) groups is 2. The van der Waals surface area contributed by atoms with E-state index in [4.69, 9.17) is 4.74 Å². The lowest BCUT2D eigenvalue weighted by molar-refractivity contribution is -0.156. The highest BCUT2D eigenvalue weighted by atomic mass is 16.5. The van der Waals surface area contributed by atoms with Gasteiger partial charge in [0.2, 0.25) is 5.91 Å². The van der Waals surface area contributed by atoms with Crippen LogP contribution in [0.25, 0.3) is 0 Å². The maximum Gasteiger partial charge on any atom is 0.309 e. The summed E-state index contributed by atoms with van der Waals surface area (Å²) in [6.07, 6.45) is 6.35. The van der Waals surface area contributed by atoms with Crippen molar-refractivity contribution in [3.63, 3.8) is 0 Å². The Morgan fingerprint density at radius 3 is 2.29 bits per heavy atom. The zero-order valence-corrected chi connectivity index (χ0v) is 18.9. The molecule has 2 aliphatic heterocycles. The lowest BCUT2D eigenvalue weighted by atomic mass is 9.64. The van der Waals surface area contributed by atoms with Gasteiger partial charge in [-0.2, -0.15) is 0 Å². The van der Waals surface area contributed by atoms with Gasteiger partial charge in [-0.1, -0.05) is 30.3 Å². The van der Waals surface area contributed by atoms with Crippen LogP contribution in [-0.4, -0.2) is 67.2 Å². The maximum atomic E-state index is 12.9. The van der Waals surface area contributed by atoms with Gasteiger partial charge in [0.05, 0.1) is 5.41 Å². The van der Waals surface area contributed by atoms with Crippen LogP contribution in [0.15, 0.2) is 30.3 Å². The monoisotopic (exact) mass is 428 g/mol. The van der Waals surface area contributed by atoms with Crippen LogP contribution in [0.4, 0.5) is 0 Å². The molecule has 170 valence electrons. The van der Waals surface area contributed by atoms with E-state index in [2.05, 4.69) is 49.3 Å². The third kappa shape index (κ3) is 4.12. The SMILES string of the molecule is CN(C)C1(c2ccccc2)CCC2(CC1)CC(=O)N(CCC1(C(=O)O)CCOCC1)C2. The van der Waals surface area contributed by atoms with Crippen molar-refractivity contribution in [3.8, 4) is 0 Å². The summed E-state index contributed by atoms with van der Waals surface area (Å²) < 4.78 is 5.39. The Morgan fingerprint density at radius 1 is 1.06 bits per heavy atom. The third-order valence-corrected chi connectivity index (χ3v) is 8.47. The molecule has 1 aromatic rings. The zero-order valence-electron chi connectivity index (χ0n) is 18.9. The molecule has 6 heteroatoms. The number of amides is 1. The van der Waals surface area contributed by atoms with Gasteiger partial charge in [0.1, 0.15) is 0 Å². The van der Waals surface area contributed by atoms with Crippen LogP contribution in [0.2, 0.25) is 0 Å². The number of benzene rings is 1. The molecule has 1 spiro atoms. The first-order valence-electron chi connectivity index (χ1n) is 11.6. The van der Waals surface area contributed by atoms with Gasteiger partial charge >= 0.3 is 5.97 Å². The van der Waals surface area contributed by atoms with Crippen molar-refractivity contribution in [2.75, 3.05) is 40.4 Å². The first kappa shape index (κ1) is 22.3. The molecule has 4 rings (SSSR count). The number of carboxylic acids is 1. The van der Waals surface area contributed by atoms with E-state index in [1.165, 1.54) is 5.56 Å². The van der Waals surface area contributed by atoms with E-state index in [1.807, 2.05) is 4.90 Å². The fraction of sp³-hybridized carbons (Fsp3) is 0.680. The minimum atomic E-state index is -0.742. The van der Waals surface area contributed by atoms with E-state index in [0.29, 0.717) is 45.4 Å². The standard InChI is InChI=1S/C25H36N2O4/c1-26(2)25(20-6-4-3-5-7-20)10-8-23(9-11-25)18-21(28)27(19-23)15-12-24(22(29)30)13-16-31-17-14-24/h3-7H,8-19H2,1-2H3,(H,29,30). The smallest absolute Gasteiger partial charge is 0.309 e. The quantitative estimate of drug-likeness (QED) is 0.751. The highest BCUT2D eigenvalue weighted by Crippen LogP contribution is 2.52. The molecule has 31 heavy (non-hydrogen) atoms. The van der Waals surface area contributed by atoms with Crippen molar-refractivity contribution in [2.24, 2.45) is 10.8 Å². The summed E-state index contributed by atoms with van der Waals surface area (Å²) >= 11 is 0. The molecule has 0 unspecified atom stereocenters. The lowest BCUT2D eigenvalue weighted by Gasteiger charge is -2.49. The summed E-state index contributed by atoms with van der Waals surface area (Å²) in [6.45, 7) is 2.31. The van der Waals surface area contributed by atoms with Crippen LogP contribution in [0.5, 0.6) is 0 Å². The average Bonchev–Trinajstić information content (AvgIpc) is 3.09. The van der Waals surface area contributed by atoms with Gasteiger partial charge in [-0.05, 0) is 70.0 Å². The second kappa shape index (κ2) is 8.55. The average molecular weight is 429 g/mol. The summed E-state index contributed by atoms with van der Waals surface area (Å²) in [6, 6.07) is 10.7. The molecular weight excluding hydrogens is 392 g/mol. The fourth-order valence-corrected chi connectivity index (χ4v) is 6.14. The highest BCUT2D eigenvalue weighted by molar-refractivity contribution is 5.80. The molecule has 0 bridgehead atoms. The largest absolute Gasteiger partial charge is 0.481 e. The number of carboxylic acid groups (broad SMARTS) is 1. The molecular formula is C25H36N2O4. The minimum absolute atomic E-state index is 0.0262. The number of ether oxygens (including phenoxy) is 1. The molecule has 1 aromatic carbocycles. The van der Waals surface area contributed by atoms with Gasteiger partial charge in [-0.15, -0.1) is 0 Å². The van der Waals surface area contributed by atoms with E-state index >= 15 is 0 Å². The molecule has 1 N–H and O–H groups in total. The maximum absolute atomic E-state index is 12.9. The molecule has 2 saturated heterocycles. The van der Waals surface area contributed by atoms with Gasteiger partial charge in [-0.3, -0.25) is 14.5 Å². The van der Waals surface area contributed by atoms with Crippen molar-refractivity contribution < 1.29 is 19.4 Å². The van der Waals surface area contributed by atoms with Crippen molar-refractivity contribution in [3.05, 3.63) is 35.9 Å². The van der Waals surface area contributed by atoms with Crippen LogP contribution in [0.3, 0.4) is 0 Å². The van der Waals surface area contributed by atoms with Gasteiger partial charge in [-0.25, -0.2) is 0 Å². The molecule has 3 fully saturated rings. The first-order chi connectivity index (χ1) is 14.8. The van der Waals surface area contributed by atoms with E-state index in [9.17, 15) is 14.7 Å². The summed E-state index contributed by atoms with van der Waals surface area (Å²) in [7, 11) is 4.33. The Balaban J connectivity index is 1.42. The van der Waals surface area contributed by atoms with Crippen LogP contribution in [0, 0.1) is 10.8 Å². The molecule has 1 saturated carbocycles. The van der Waals surface area contributed by atoms with Crippen LogP contribution in [0.1, 0.15) is 56.9 Å². The summed E-state index contributed by atoms with van der Waals surface area (Å²) in [5.74, 6) is -0.543. The number of rotatable bonds is 6. The Morgan fingerprint density at radius 2 is 1.71 bits per heavy atom. The predicted molar refractivity (Wildman–Crippen MR) is 119 cm³/mol. The third-order valence-electron chi connectivity index (χ3n) is 8.47. The van der Waals surface area contributed by atoms with Crippen molar-refractivity contribution >= 4 is 11.9 Å². The van der Waals surface area contributed by atoms with E-state index in [-0.39, 0.29) is 16.9 Å². The van der Waals surface area contributed by atoms with E-state index < -0.39 is 11.4 Å². The Labute approximate surface area is 185 Å². The molecule has 3 aliphatic rings. The van der Waals surface area contributed by atoms with Crippen molar-refractivity contribution in [1.82, 2.24) is 9.80 Å². The van der Waals surface area contributed by atoms with E-state index in [0.717, 1.165) is 32.2 Å². The first-order valence-corrected chi connectivity index (χ1v) is 11.6. The second-order valence-corrected chi connectivity index (χ2v) is 10.2. The number of nitrogens with zero attached hydrogens (tertiary/aromatic N) is 2. The lowest BCUT2D eigenvalue weighted by Crippen LogP contribution is -2.47. The Kier molecular flexibility index (Phi) is 6.14. The normalized spacial score (nSPS) is 30.8. The number of aliphatic carboxylic acids is 1. The van der Waals surface area contributed by atoms with Gasteiger partial charge in [0.15, 0.2) is 0 Å². The Hall–Kier alpha value is -1.92. The second-order valence-electron chi connectivity index (χ2n) is 10.2. The molecule has 1 amide bonds. The predicted octanol–water partition coefficient (Wildman–Crippen LogP) is 3.51. The topological polar surface area (TPSA) is 70.1 Å². The number of hydrogen-bond acceptors (Lipinski definition) is 4. The summed E-state index contributed by atoms with van der Waals surface area (Å²) in [5.41, 5.74) is 0.684. The number of likely N-dealkylation sites (tertiary alicyclic amines) is 1. The van der Waals surface area contributed by atoms with Crippen LogP contribution in [-0.2, 0) is 19.9 Å². The summed E-state index contributed by atoms with van der Waals surface area (Å²) in [5, 5.41) is 9.82. The fourth-order valence-electron chi connectivity index (χ4n) is 6.14.